The summed E-state index contributed by atoms with van der Waals surface area (Å²) in [6.45, 7) is -0.119. The van der Waals surface area contributed by atoms with E-state index < -0.39 is 17.5 Å². The van der Waals surface area contributed by atoms with E-state index in [2.05, 4.69) is 0 Å². The predicted octanol–water partition coefficient (Wildman–Crippen LogP) is 4.42. The van der Waals surface area contributed by atoms with Crippen molar-refractivity contribution in [2.45, 2.75) is 12.5 Å². The van der Waals surface area contributed by atoms with Crippen molar-refractivity contribution >= 4 is 11.6 Å². The monoisotopic (exact) mass is 286 g/mol. The van der Waals surface area contributed by atoms with E-state index in [-0.39, 0.29) is 18.2 Å². The highest BCUT2D eigenvalue weighted by molar-refractivity contribution is 6.17. The molecule has 1 nitrogen and oxygen atoms in total. The molecule has 0 aliphatic heterocycles. The summed E-state index contributed by atoms with van der Waals surface area (Å²) in [7, 11) is 0. The summed E-state index contributed by atoms with van der Waals surface area (Å²) in [5, 5.41) is 0. The van der Waals surface area contributed by atoms with Crippen LogP contribution in [0, 0.1) is 17.5 Å². The third-order valence-electron chi connectivity index (χ3n) is 2.47. The molecule has 0 aliphatic carbocycles. The molecule has 0 spiro atoms. The van der Waals surface area contributed by atoms with E-state index in [1.807, 2.05) is 0 Å². The highest BCUT2D eigenvalue weighted by Crippen LogP contribution is 2.21. The Hall–Kier alpha value is -1.68. The van der Waals surface area contributed by atoms with Crippen molar-refractivity contribution in [1.82, 2.24) is 0 Å². The minimum atomic E-state index is -0.698. The van der Waals surface area contributed by atoms with Crippen LogP contribution in [0.5, 0.6) is 5.75 Å². The van der Waals surface area contributed by atoms with Gasteiger partial charge in [-0.05, 0) is 35.4 Å². The Kier molecular flexibility index (Phi) is 4.32. The maximum atomic E-state index is 13.6. The molecule has 2 rings (SSSR count). The Bertz CT molecular complexity index is 567. The van der Waals surface area contributed by atoms with Gasteiger partial charge in [0.2, 0.25) is 0 Å². The van der Waals surface area contributed by atoms with Crippen LogP contribution in [-0.4, -0.2) is 0 Å². The van der Waals surface area contributed by atoms with Crippen molar-refractivity contribution in [2.75, 3.05) is 0 Å². The van der Waals surface area contributed by atoms with Gasteiger partial charge >= 0.3 is 0 Å². The Morgan fingerprint density at radius 1 is 0.895 bits per heavy atom. The van der Waals surface area contributed by atoms with Crippen LogP contribution >= 0.6 is 11.6 Å². The Morgan fingerprint density at radius 3 is 2.16 bits per heavy atom. The lowest BCUT2D eigenvalue weighted by Gasteiger charge is -2.08. The zero-order valence-electron chi connectivity index (χ0n) is 9.80. The summed E-state index contributed by atoms with van der Waals surface area (Å²) in [6, 6.07) is 7.34. The number of halogens is 4. The first kappa shape index (κ1) is 13.7. The molecule has 0 saturated carbocycles. The molecule has 0 radical (unpaired) electrons. The molecule has 100 valence electrons. The van der Waals surface area contributed by atoms with Gasteiger partial charge in [-0.2, -0.15) is 0 Å². The summed E-state index contributed by atoms with van der Waals surface area (Å²) in [4.78, 5) is 0. The molecule has 0 bridgehead atoms. The van der Waals surface area contributed by atoms with Gasteiger partial charge in [-0.3, -0.25) is 0 Å². The van der Waals surface area contributed by atoms with Crippen LogP contribution in [0.3, 0.4) is 0 Å². The standard InChI is InChI=1S/C14H10ClF3O/c15-7-9-1-2-14(13(18)5-9)19-8-10-3-11(16)6-12(17)4-10/h1-6H,7-8H2. The lowest BCUT2D eigenvalue weighted by molar-refractivity contribution is 0.289. The first-order chi connectivity index (χ1) is 9.08. The van der Waals surface area contributed by atoms with Gasteiger partial charge < -0.3 is 4.74 Å². The van der Waals surface area contributed by atoms with Gasteiger partial charge in [0.05, 0.1) is 0 Å². The summed E-state index contributed by atoms with van der Waals surface area (Å²) in [6.07, 6.45) is 0. The number of hydrogen-bond donors (Lipinski definition) is 0. The predicted molar refractivity (Wildman–Crippen MR) is 66.6 cm³/mol. The third kappa shape index (κ3) is 3.64. The van der Waals surface area contributed by atoms with Crippen LogP contribution in [0.4, 0.5) is 13.2 Å². The van der Waals surface area contributed by atoms with Crippen LogP contribution < -0.4 is 4.74 Å². The quantitative estimate of drug-likeness (QED) is 0.756. The van der Waals surface area contributed by atoms with Gasteiger partial charge in [-0.15, -0.1) is 11.6 Å². The normalized spacial score (nSPS) is 10.5. The Labute approximate surface area is 113 Å². The van der Waals surface area contributed by atoms with Crippen molar-refractivity contribution in [3.63, 3.8) is 0 Å². The van der Waals surface area contributed by atoms with Crippen molar-refractivity contribution in [3.05, 3.63) is 65.0 Å². The van der Waals surface area contributed by atoms with E-state index in [1.54, 1.807) is 6.07 Å². The first-order valence-electron chi connectivity index (χ1n) is 5.50. The van der Waals surface area contributed by atoms with Gasteiger partial charge in [0.25, 0.3) is 0 Å². The van der Waals surface area contributed by atoms with E-state index >= 15 is 0 Å². The van der Waals surface area contributed by atoms with Crippen molar-refractivity contribution in [1.29, 1.82) is 0 Å². The fourth-order valence-corrected chi connectivity index (χ4v) is 1.77. The Morgan fingerprint density at radius 2 is 1.58 bits per heavy atom. The molecule has 0 amide bonds. The molecule has 2 aromatic rings. The zero-order chi connectivity index (χ0) is 13.8. The van der Waals surface area contributed by atoms with Crippen LogP contribution in [0.25, 0.3) is 0 Å². The van der Waals surface area contributed by atoms with E-state index in [9.17, 15) is 13.2 Å². The number of ether oxygens (including phenoxy) is 1. The van der Waals surface area contributed by atoms with Crippen molar-refractivity contribution in [3.8, 4) is 5.75 Å². The fraction of sp³-hybridized carbons (Fsp3) is 0.143. The molecule has 0 fully saturated rings. The van der Waals surface area contributed by atoms with E-state index in [0.717, 1.165) is 18.2 Å². The molecule has 0 aliphatic rings. The maximum Gasteiger partial charge on any atom is 0.165 e. The molecule has 5 heteroatoms. The third-order valence-corrected chi connectivity index (χ3v) is 2.78. The molecular weight excluding hydrogens is 277 g/mol. The minimum Gasteiger partial charge on any atom is -0.486 e. The summed E-state index contributed by atoms with van der Waals surface area (Å²) < 4.78 is 44.6. The molecule has 0 aromatic heterocycles. The molecular formula is C14H10ClF3O. The van der Waals surface area contributed by atoms with Crippen LogP contribution in [0.15, 0.2) is 36.4 Å². The van der Waals surface area contributed by atoms with Crippen LogP contribution in [0.2, 0.25) is 0 Å². The second-order valence-electron chi connectivity index (χ2n) is 3.96. The maximum absolute atomic E-state index is 13.6. The van der Waals surface area contributed by atoms with E-state index in [1.165, 1.54) is 12.1 Å². The second-order valence-corrected chi connectivity index (χ2v) is 4.23. The molecule has 2 aromatic carbocycles. The SMILES string of the molecule is Fc1cc(F)cc(COc2ccc(CCl)cc2F)c1. The molecule has 0 atom stereocenters. The van der Waals surface area contributed by atoms with Crippen molar-refractivity contribution in [2.24, 2.45) is 0 Å². The van der Waals surface area contributed by atoms with Gasteiger partial charge in [0, 0.05) is 11.9 Å². The molecule has 0 saturated heterocycles. The Balaban J connectivity index is 2.10. The summed E-state index contributed by atoms with van der Waals surface area (Å²) in [5.41, 5.74) is 0.918. The van der Waals surface area contributed by atoms with E-state index in [4.69, 9.17) is 16.3 Å². The summed E-state index contributed by atoms with van der Waals surface area (Å²) >= 11 is 5.57. The number of benzene rings is 2. The van der Waals surface area contributed by atoms with Crippen LogP contribution in [-0.2, 0) is 12.5 Å². The number of rotatable bonds is 4. The van der Waals surface area contributed by atoms with Gasteiger partial charge in [-0.25, -0.2) is 13.2 Å². The smallest absolute Gasteiger partial charge is 0.165 e. The topological polar surface area (TPSA) is 9.23 Å². The van der Waals surface area contributed by atoms with Gasteiger partial charge in [-0.1, -0.05) is 6.07 Å². The number of alkyl halides is 1. The molecule has 19 heavy (non-hydrogen) atoms. The molecule has 0 unspecified atom stereocenters. The number of hydrogen-bond acceptors (Lipinski definition) is 1. The van der Waals surface area contributed by atoms with Crippen molar-refractivity contribution < 1.29 is 17.9 Å². The minimum absolute atomic E-state index is 0.0125. The second kappa shape index (κ2) is 5.97. The lowest BCUT2D eigenvalue weighted by Crippen LogP contribution is -1.99. The first-order valence-corrected chi connectivity index (χ1v) is 6.04. The van der Waals surface area contributed by atoms with Gasteiger partial charge in [0.15, 0.2) is 11.6 Å². The highest BCUT2D eigenvalue weighted by atomic mass is 35.5. The van der Waals surface area contributed by atoms with Gasteiger partial charge in [0.1, 0.15) is 18.2 Å². The molecule has 0 N–H and O–H groups in total. The largest absolute Gasteiger partial charge is 0.486 e. The lowest BCUT2D eigenvalue weighted by atomic mass is 10.2. The fourth-order valence-electron chi connectivity index (χ4n) is 1.60. The van der Waals surface area contributed by atoms with Crippen LogP contribution in [0.1, 0.15) is 11.1 Å². The summed E-state index contributed by atoms with van der Waals surface area (Å²) in [5.74, 6) is -1.74. The average molecular weight is 287 g/mol. The average Bonchev–Trinajstić information content (AvgIpc) is 2.36. The van der Waals surface area contributed by atoms with E-state index in [0.29, 0.717) is 11.1 Å². The molecule has 0 heterocycles. The zero-order valence-corrected chi connectivity index (χ0v) is 10.6. The highest BCUT2D eigenvalue weighted by Gasteiger charge is 2.06.